The Balaban J connectivity index is 1.21. The van der Waals surface area contributed by atoms with Crippen molar-refractivity contribution in [2.75, 3.05) is 26.2 Å². The molecule has 2 aromatic carbocycles. The van der Waals surface area contributed by atoms with Crippen molar-refractivity contribution in [2.24, 2.45) is 0 Å². The van der Waals surface area contributed by atoms with E-state index in [1.54, 1.807) is 0 Å². The minimum absolute atomic E-state index is 0.322. The van der Waals surface area contributed by atoms with E-state index < -0.39 is 6.10 Å². The van der Waals surface area contributed by atoms with Crippen LogP contribution in [0.3, 0.4) is 0 Å². The second-order valence-electron chi connectivity index (χ2n) is 7.36. The molecule has 1 aliphatic heterocycles. The molecule has 1 aliphatic rings. The zero-order valence-electron chi connectivity index (χ0n) is 15.8. The van der Waals surface area contributed by atoms with Crippen molar-refractivity contribution in [1.29, 1.82) is 0 Å². The number of aromatic nitrogens is 1. The molecule has 0 saturated carbocycles. The third kappa shape index (κ3) is 4.91. The van der Waals surface area contributed by atoms with Gasteiger partial charge in [-0.25, -0.2) is 4.98 Å². The average molecular weight is 417 g/mol. The highest BCUT2D eigenvalue weighted by Gasteiger charge is 2.24. The number of nitrogens with zero attached hydrogens (tertiary/aromatic N) is 2. The number of para-hydroxylation sites is 1. The summed E-state index contributed by atoms with van der Waals surface area (Å²) in [6, 6.07) is 16.0. The Morgan fingerprint density at radius 3 is 2.68 bits per heavy atom. The Morgan fingerprint density at radius 1 is 1.14 bits per heavy atom. The van der Waals surface area contributed by atoms with Crippen molar-refractivity contribution < 1.29 is 9.84 Å². The summed E-state index contributed by atoms with van der Waals surface area (Å²) >= 11 is 7.95. The number of hydrogen-bond acceptors (Lipinski definition) is 5. The molecule has 0 aliphatic carbocycles. The Labute approximate surface area is 174 Å². The highest BCUT2D eigenvalue weighted by Crippen LogP contribution is 2.33. The number of fused-ring (bicyclic) bond motifs is 1. The molecule has 4 nitrogen and oxygen atoms in total. The van der Waals surface area contributed by atoms with Crippen LogP contribution in [0, 0.1) is 0 Å². The SMILES string of the molecule is O[C@H](COCc1ccccc1Cl)CN1CCC(c2nc3ccccc3s2)CC1. The molecule has 0 radical (unpaired) electrons. The van der Waals surface area contributed by atoms with Crippen molar-refractivity contribution >= 4 is 33.2 Å². The average Bonchev–Trinajstić information content (AvgIpc) is 3.14. The number of thiazole rings is 1. The fourth-order valence-corrected chi connectivity index (χ4v) is 5.03. The van der Waals surface area contributed by atoms with Crippen molar-refractivity contribution in [3.05, 3.63) is 64.1 Å². The fourth-order valence-electron chi connectivity index (χ4n) is 3.70. The topological polar surface area (TPSA) is 45.6 Å². The predicted molar refractivity (Wildman–Crippen MR) is 115 cm³/mol. The number of rotatable bonds is 7. The number of aliphatic hydroxyl groups excluding tert-OH is 1. The molecule has 1 atom stereocenters. The highest BCUT2D eigenvalue weighted by molar-refractivity contribution is 7.18. The molecular weight excluding hydrogens is 392 g/mol. The number of aliphatic hydroxyl groups is 1. The fraction of sp³-hybridized carbons (Fsp3) is 0.409. The first-order chi connectivity index (χ1) is 13.7. The predicted octanol–water partition coefficient (Wildman–Crippen LogP) is 4.71. The zero-order valence-corrected chi connectivity index (χ0v) is 17.3. The summed E-state index contributed by atoms with van der Waals surface area (Å²) in [6.45, 7) is 3.37. The van der Waals surface area contributed by atoms with Crippen LogP contribution in [0.25, 0.3) is 10.2 Å². The molecule has 1 N–H and O–H groups in total. The van der Waals surface area contributed by atoms with E-state index in [0.717, 1.165) is 37.0 Å². The summed E-state index contributed by atoms with van der Waals surface area (Å²) in [6.07, 6.45) is 1.70. The Bertz CT molecular complexity index is 875. The van der Waals surface area contributed by atoms with Gasteiger partial charge < -0.3 is 14.7 Å². The van der Waals surface area contributed by atoms with Crippen LogP contribution in [-0.4, -0.2) is 47.3 Å². The van der Waals surface area contributed by atoms with Gasteiger partial charge in [0.15, 0.2) is 0 Å². The largest absolute Gasteiger partial charge is 0.389 e. The maximum atomic E-state index is 10.3. The van der Waals surface area contributed by atoms with Gasteiger partial charge in [-0.2, -0.15) is 0 Å². The van der Waals surface area contributed by atoms with Crippen LogP contribution in [0.1, 0.15) is 29.3 Å². The molecule has 4 rings (SSSR count). The number of piperidine rings is 1. The van der Waals surface area contributed by atoms with Gasteiger partial charge in [0.1, 0.15) is 0 Å². The molecule has 2 heterocycles. The van der Waals surface area contributed by atoms with Gasteiger partial charge in [-0.05, 0) is 49.7 Å². The zero-order chi connectivity index (χ0) is 19.3. The molecule has 148 valence electrons. The molecule has 6 heteroatoms. The summed E-state index contributed by atoms with van der Waals surface area (Å²) < 4.78 is 6.93. The summed E-state index contributed by atoms with van der Waals surface area (Å²) in [5, 5.41) is 12.3. The van der Waals surface area contributed by atoms with Crippen LogP contribution in [-0.2, 0) is 11.3 Å². The lowest BCUT2D eigenvalue weighted by molar-refractivity contribution is 0.00623. The van der Waals surface area contributed by atoms with Crippen molar-refractivity contribution in [3.8, 4) is 0 Å². The summed E-state index contributed by atoms with van der Waals surface area (Å²) in [5.74, 6) is 0.530. The van der Waals surface area contributed by atoms with Crippen LogP contribution in [0.2, 0.25) is 5.02 Å². The van der Waals surface area contributed by atoms with Crippen molar-refractivity contribution in [1.82, 2.24) is 9.88 Å². The monoisotopic (exact) mass is 416 g/mol. The minimum atomic E-state index is -0.485. The molecule has 1 aromatic heterocycles. The standard InChI is InChI=1S/C22H25ClN2O2S/c23-19-6-2-1-5-17(19)14-27-15-18(26)13-25-11-9-16(10-12-25)22-24-20-7-3-4-8-21(20)28-22/h1-8,16,18,26H,9-15H2/t18-/m0/s1. The number of likely N-dealkylation sites (tertiary alicyclic amines) is 1. The molecule has 0 amide bonds. The first kappa shape index (κ1) is 19.8. The maximum absolute atomic E-state index is 10.3. The first-order valence-electron chi connectivity index (χ1n) is 9.76. The van der Waals surface area contributed by atoms with E-state index in [4.69, 9.17) is 21.3 Å². The van der Waals surface area contributed by atoms with Crippen molar-refractivity contribution in [2.45, 2.75) is 31.5 Å². The molecule has 3 aromatic rings. The van der Waals surface area contributed by atoms with Crippen LogP contribution in [0.4, 0.5) is 0 Å². The number of β-amino-alcohol motifs (C(OH)–C–C–N with tert-alkyl or cyclic N) is 1. The van der Waals surface area contributed by atoms with Gasteiger partial charge in [0.25, 0.3) is 0 Å². The van der Waals surface area contributed by atoms with Crippen LogP contribution in [0.15, 0.2) is 48.5 Å². The van der Waals surface area contributed by atoms with E-state index in [9.17, 15) is 5.11 Å². The maximum Gasteiger partial charge on any atom is 0.0970 e. The molecule has 0 spiro atoms. The molecule has 1 saturated heterocycles. The molecule has 0 bridgehead atoms. The van der Waals surface area contributed by atoms with Gasteiger partial charge in [-0.1, -0.05) is 41.9 Å². The van der Waals surface area contributed by atoms with Crippen molar-refractivity contribution in [3.63, 3.8) is 0 Å². The summed E-state index contributed by atoms with van der Waals surface area (Å²) in [4.78, 5) is 7.15. The van der Waals surface area contributed by atoms with Gasteiger partial charge >= 0.3 is 0 Å². The third-order valence-electron chi connectivity index (χ3n) is 5.24. The second kappa shape index (κ2) is 9.33. The van der Waals surface area contributed by atoms with E-state index >= 15 is 0 Å². The van der Waals surface area contributed by atoms with Gasteiger partial charge in [0, 0.05) is 17.5 Å². The third-order valence-corrected chi connectivity index (χ3v) is 6.81. The smallest absolute Gasteiger partial charge is 0.0970 e. The van der Waals surface area contributed by atoms with E-state index in [1.165, 1.54) is 9.71 Å². The molecular formula is C22H25ClN2O2S. The Kier molecular flexibility index (Phi) is 6.60. The Morgan fingerprint density at radius 2 is 1.89 bits per heavy atom. The summed E-state index contributed by atoms with van der Waals surface area (Å²) in [5.41, 5.74) is 2.06. The lowest BCUT2D eigenvalue weighted by atomic mass is 9.97. The van der Waals surface area contributed by atoms with E-state index in [0.29, 0.717) is 30.7 Å². The highest BCUT2D eigenvalue weighted by atomic mass is 35.5. The number of benzene rings is 2. The normalized spacial score (nSPS) is 17.2. The number of hydrogen-bond donors (Lipinski definition) is 1. The first-order valence-corrected chi connectivity index (χ1v) is 11.0. The van der Waals surface area contributed by atoms with Gasteiger partial charge in [0.2, 0.25) is 0 Å². The van der Waals surface area contributed by atoms with Crippen LogP contribution >= 0.6 is 22.9 Å². The lowest BCUT2D eigenvalue weighted by Crippen LogP contribution is -2.39. The minimum Gasteiger partial charge on any atom is -0.389 e. The van der Waals surface area contributed by atoms with Gasteiger partial charge in [-0.3, -0.25) is 0 Å². The molecule has 28 heavy (non-hydrogen) atoms. The molecule has 1 fully saturated rings. The van der Waals surface area contributed by atoms with E-state index in [1.807, 2.05) is 41.7 Å². The van der Waals surface area contributed by atoms with E-state index in [-0.39, 0.29) is 0 Å². The molecule has 0 unspecified atom stereocenters. The number of ether oxygens (including phenoxy) is 1. The van der Waals surface area contributed by atoms with Gasteiger partial charge in [0.05, 0.1) is 34.5 Å². The second-order valence-corrected chi connectivity index (χ2v) is 8.82. The number of halogens is 1. The van der Waals surface area contributed by atoms with Gasteiger partial charge in [-0.15, -0.1) is 11.3 Å². The van der Waals surface area contributed by atoms with Crippen LogP contribution < -0.4 is 0 Å². The van der Waals surface area contributed by atoms with E-state index in [2.05, 4.69) is 23.1 Å². The summed E-state index contributed by atoms with van der Waals surface area (Å²) in [7, 11) is 0. The Hall–Kier alpha value is -1.50. The van der Waals surface area contributed by atoms with Crippen LogP contribution in [0.5, 0.6) is 0 Å². The lowest BCUT2D eigenvalue weighted by Gasteiger charge is -2.32. The quantitative estimate of drug-likeness (QED) is 0.606.